The minimum Gasteiger partial charge on any atom is -0.374 e. The maximum atomic E-state index is 11.9. The molecule has 1 aromatic rings. The molecule has 2 rings (SSSR count). The molecule has 0 saturated carbocycles. The summed E-state index contributed by atoms with van der Waals surface area (Å²) in [5.41, 5.74) is 1.87. The van der Waals surface area contributed by atoms with E-state index in [0.717, 1.165) is 30.8 Å². The molecule has 94 valence electrons. The lowest BCUT2D eigenvalue weighted by molar-refractivity contribution is 0.0287. The van der Waals surface area contributed by atoms with Crippen LogP contribution in [-0.4, -0.2) is 38.3 Å². The Bertz CT molecular complexity index is 397. The summed E-state index contributed by atoms with van der Waals surface area (Å²) in [5, 5.41) is 8.08. The summed E-state index contributed by atoms with van der Waals surface area (Å²) in [6.07, 6.45) is 0.0905. The lowest BCUT2D eigenvalue weighted by Crippen LogP contribution is -2.45. The molecular weight excluding hydrogens is 236 g/mol. The number of carbonyl (C=O) groups excluding carboxylic acids is 1. The molecular formula is C12H18N2O2S. The van der Waals surface area contributed by atoms with Crippen LogP contribution < -0.4 is 10.6 Å². The van der Waals surface area contributed by atoms with Gasteiger partial charge in [0, 0.05) is 29.9 Å². The summed E-state index contributed by atoms with van der Waals surface area (Å²) < 4.78 is 5.53. The van der Waals surface area contributed by atoms with Gasteiger partial charge in [-0.1, -0.05) is 0 Å². The SMILES string of the molecule is Cc1scc(C(=O)NCC2CNCCO2)c1C. The molecule has 0 bridgehead atoms. The maximum Gasteiger partial charge on any atom is 0.252 e. The minimum atomic E-state index is 0.000948. The van der Waals surface area contributed by atoms with Crippen LogP contribution in [0.25, 0.3) is 0 Å². The maximum absolute atomic E-state index is 11.9. The first-order valence-electron chi connectivity index (χ1n) is 5.83. The number of carbonyl (C=O) groups is 1. The van der Waals surface area contributed by atoms with Crippen LogP contribution in [0.1, 0.15) is 20.8 Å². The van der Waals surface area contributed by atoms with Crippen molar-refractivity contribution in [1.82, 2.24) is 10.6 Å². The van der Waals surface area contributed by atoms with Crippen molar-refractivity contribution in [2.75, 3.05) is 26.2 Å². The molecule has 0 aromatic carbocycles. The third kappa shape index (κ3) is 3.06. The summed E-state index contributed by atoms with van der Waals surface area (Å²) >= 11 is 1.62. The number of rotatable bonds is 3. The van der Waals surface area contributed by atoms with Gasteiger partial charge in [-0.25, -0.2) is 0 Å². The average molecular weight is 254 g/mol. The summed E-state index contributed by atoms with van der Waals surface area (Å²) in [6.45, 7) is 7.01. The fourth-order valence-electron chi connectivity index (χ4n) is 1.79. The van der Waals surface area contributed by atoms with Crippen LogP contribution in [0.15, 0.2) is 5.38 Å². The zero-order chi connectivity index (χ0) is 12.3. The highest BCUT2D eigenvalue weighted by molar-refractivity contribution is 7.10. The highest BCUT2D eigenvalue weighted by Crippen LogP contribution is 2.20. The lowest BCUT2D eigenvalue weighted by atomic mass is 10.1. The van der Waals surface area contributed by atoms with E-state index in [-0.39, 0.29) is 12.0 Å². The normalized spacial score (nSPS) is 20.2. The number of morpholine rings is 1. The predicted molar refractivity (Wildman–Crippen MR) is 68.7 cm³/mol. The van der Waals surface area contributed by atoms with Crippen LogP contribution in [0.4, 0.5) is 0 Å². The van der Waals surface area contributed by atoms with Crippen LogP contribution in [0, 0.1) is 13.8 Å². The van der Waals surface area contributed by atoms with E-state index in [9.17, 15) is 4.79 Å². The number of aryl methyl sites for hydroxylation is 1. The molecule has 2 heterocycles. The third-order valence-electron chi connectivity index (χ3n) is 3.02. The molecule has 0 aliphatic carbocycles. The summed E-state index contributed by atoms with van der Waals surface area (Å²) in [7, 11) is 0. The highest BCUT2D eigenvalue weighted by atomic mass is 32.1. The van der Waals surface area contributed by atoms with Gasteiger partial charge in [0.15, 0.2) is 0 Å². The number of hydrogen-bond acceptors (Lipinski definition) is 4. The molecule has 1 atom stereocenters. The zero-order valence-electron chi connectivity index (χ0n) is 10.2. The Morgan fingerprint density at radius 3 is 3.06 bits per heavy atom. The van der Waals surface area contributed by atoms with Gasteiger partial charge in [-0.05, 0) is 19.4 Å². The molecule has 4 nitrogen and oxygen atoms in total. The summed E-state index contributed by atoms with van der Waals surface area (Å²) in [6, 6.07) is 0. The molecule has 1 aromatic heterocycles. The third-order valence-corrected chi connectivity index (χ3v) is 4.04. The van der Waals surface area contributed by atoms with Crippen LogP contribution in [0.5, 0.6) is 0 Å². The monoisotopic (exact) mass is 254 g/mol. The smallest absolute Gasteiger partial charge is 0.252 e. The second kappa shape index (κ2) is 5.62. The van der Waals surface area contributed by atoms with Gasteiger partial charge in [-0.2, -0.15) is 0 Å². The van der Waals surface area contributed by atoms with Crippen LogP contribution in [0.2, 0.25) is 0 Å². The second-order valence-corrected chi connectivity index (χ2v) is 5.32. The first-order valence-corrected chi connectivity index (χ1v) is 6.71. The Morgan fingerprint density at radius 1 is 1.65 bits per heavy atom. The molecule has 0 radical (unpaired) electrons. The minimum absolute atomic E-state index is 0.000948. The van der Waals surface area contributed by atoms with Gasteiger partial charge in [0.25, 0.3) is 5.91 Å². The van der Waals surface area contributed by atoms with Crippen molar-refractivity contribution in [1.29, 1.82) is 0 Å². The van der Waals surface area contributed by atoms with E-state index >= 15 is 0 Å². The predicted octanol–water partition coefficient (Wildman–Crippen LogP) is 1.08. The highest BCUT2D eigenvalue weighted by Gasteiger charge is 2.16. The lowest BCUT2D eigenvalue weighted by Gasteiger charge is -2.23. The fourth-order valence-corrected chi connectivity index (χ4v) is 2.66. The van der Waals surface area contributed by atoms with Crippen molar-refractivity contribution in [3.63, 3.8) is 0 Å². The number of nitrogens with one attached hydrogen (secondary N) is 2. The Morgan fingerprint density at radius 2 is 2.47 bits per heavy atom. The van der Waals surface area contributed by atoms with Crippen LogP contribution >= 0.6 is 11.3 Å². The van der Waals surface area contributed by atoms with Gasteiger partial charge in [0.2, 0.25) is 0 Å². The van der Waals surface area contributed by atoms with E-state index in [2.05, 4.69) is 10.6 Å². The first kappa shape index (κ1) is 12.5. The Hall–Kier alpha value is -0.910. The molecule has 1 amide bonds. The van der Waals surface area contributed by atoms with Crippen LogP contribution in [0.3, 0.4) is 0 Å². The topological polar surface area (TPSA) is 50.4 Å². The van der Waals surface area contributed by atoms with Crippen molar-refractivity contribution >= 4 is 17.2 Å². The van der Waals surface area contributed by atoms with E-state index in [1.54, 1.807) is 11.3 Å². The van der Waals surface area contributed by atoms with Gasteiger partial charge in [-0.15, -0.1) is 11.3 Å². The summed E-state index contributed by atoms with van der Waals surface area (Å²) in [5.74, 6) is 0.000948. The molecule has 1 unspecified atom stereocenters. The van der Waals surface area contributed by atoms with Gasteiger partial charge < -0.3 is 15.4 Å². The summed E-state index contributed by atoms with van der Waals surface area (Å²) in [4.78, 5) is 13.1. The van der Waals surface area contributed by atoms with Gasteiger partial charge >= 0.3 is 0 Å². The van der Waals surface area contributed by atoms with E-state index in [1.807, 2.05) is 19.2 Å². The van der Waals surface area contributed by atoms with E-state index in [0.29, 0.717) is 6.54 Å². The number of hydrogen-bond donors (Lipinski definition) is 2. The molecule has 1 saturated heterocycles. The van der Waals surface area contributed by atoms with Gasteiger partial charge in [0.05, 0.1) is 18.3 Å². The Balaban J connectivity index is 1.86. The van der Waals surface area contributed by atoms with Crippen molar-refractivity contribution < 1.29 is 9.53 Å². The molecule has 1 aliphatic heterocycles. The fraction of sp³-hybridized carbons (Fsp3) is 0.583. The van der Waals surface area contributed by atoms with Gasteiger partial charge in [0.1, 0.15) is 0 Å². The van der Waals surface area contributed by atoms with Crippen molar-refractivity contribution in [2.24, 2.45) is 0 Å². The standard InChI is InChI=1S/C12H18N2O2S/c1-8-9(2)17-7-11(8)12(15)14-6-10-5-13-3-4-16-10/h7,10,13H,3-6H2,1-2H3,(H,14,15). The van der Waals surface area contributed by atoms with Gasteiger partial charge in [-0.3, -0.25) is 4.79 Å². The second-order valence-electron chi connectivity index (χ2n) is 4.24. The molecule has 1 aliphatic rings. The average Bonchev–Trinajstić information content (AvgIpc) is 2.69. The zero-order valence-corrected chi connectivity index (χ0v) is 11.0. The molecule has 2 N–H and O–H groups in total. The Labute approximate surface area is 105 Å². The quantitative estimate of drug-likeness (QED) is 0.849. The molecule has 17 heavy (non-hydrogen) atoms. The van der Waals surface area contributed by atoms with Crippen molar-refractivity contribution in [3.05, 3.63) is 21.4 Å². The van der Waals surface area contributed by atoms with E-state index in [4.69, 9.17) is 4.74 Å². The van der Waals surface area contributed by atoms with E-state index in [1.165, 1.54) is 4.88 Å². The van der Waals surface area contributed by atoms with Crippen molar-refractivity contribution in [3.8, 4) is 0 Å². The molecule has 1 fully saturated rings. The largest absolute Gasteiger partial charge is 0.374 e. The van der Waals surface area contributed by atoms with Crippen LogP contribution in [-0.2, 0) is 4.74 Å². The number of amides is 1. The Kier molecular flexibility index (Phi) is 4.15. The van der Waals surface area contributed by atoms with Crippen molar-refractivity contribution in [2.45, 2.75) is 20.0 Å². The number of thiophene rings is 1. The first-order chi connectivity index (χ1) is 8.18. The number of ether oxygens (including phenoxy) is 1. The molecule has 5 heteroatoms. The molecule has 0 spiro atoms. The van der Waals surface area contributed by atoms with E-state index < -0.39 is 0 Å².